The molecule has 8 heteroatoms. The van der Waals surface area contributed by atoms with E-state index in [9.17, 15) is 14.5 Å². The normalized spacial score (nSPS) is 17.3. The van der Waals surface area contributed by atoms with Crippen molar-refractivity contribution < 1.29 is 9.31 Å². The molecule has 0 aromatic heterocycles. The lowest BCUT2D eigenvalue weighted by Crippen LogP contribution is -2.49. The van der Waals surface area contributed by atoms with Crippen LogP contribution in [0.5, 0.6) is 0 Å². The first-order valence-electron chi connectivity index (χ1n) is 6.46. The largest absolute Gasteiger partial charge is 0.363 e. The lowest BCUT2D eigenvalue weighted by atomic mass is 10.2. The summed E-state index contributed by atoms with van der Waals surface area (Å²) in [5.41, 5.74) is 0.0225. The Morgan fingerprint density at radius 1 is 1.43 bits per heavy atom. The van der Waals surface area contributed by atoms with Crippen LogP contribution in [0.25, 0.3) is 0 Å². The number of halogens is 2. The topological polar surface area (TPSA) is 73.4 Å². The van der Waals surface area contributed by atoms with Crippen LogP contribution in [0.3, 0.4) is 0 Å². The van der Waals surface area contributed by atoms with Gasteiger partial charge in [-0.05, 0) is 6.92 Å². The summed E-state index contributed by atoms with van der Waals surface area (Å²) in [4.78, 5) is 14.3. The van der Waals surface area contributed by atoms with E-state index in [-0.39, 0.29) is 22.4 Å². The number of nitro benzene ring substituents is 1. The quantitative estimate of drug-likeness (QED) is 0.633. The fourth-order valence-corrected chi connectivity index (χ4v) is 2.52. The number of nitriles is 1. The lowest BCUT2D eigenvalue weighted by Gasteiger charge is -2.36. The van der Waals surface area contributed by atoms with Gasteiger partial charge in [0.25, 0.3) is 5.69 Å². The van der Waals surface area contributed by atoms with E-state index < -0.39 is 10.7 Å². The zero-order chi connectivity index (χ0) is 15.6. The highest BCUT2D eigenvalue weighted by Gasteiger charge is 2.27. The van der Waals surface area contributed by atoms with Gasteiger partial charge in [-0.3, -0.25) is 15.0 Å². The van der Waals surface area contributed by atoms with Gasteiger partial charge in [-0.1, -0.05) is 11.6 Å². The van der Waals surface area contributed by atoms with E-state index >= 15 is 0 Å². The summed E-state index contributed by atoms with van der Waals surface area (Å²) < 4.78 is 13.6. The number of hydrogen-bond acceptors (Lipinski definition) is 5. The predicted molar refractivity (Wildman–Crippen MR) is 76.9 cm³/mol. The van der Waals surface area contributed by atoms with E-state index in [0.29, 0.717) is 26.2 Å². The summed E-state index contributed by atoms with van der Waals surface area (Å²) in [5.74, 6) is -0.676. The molecule has 6 nitrogen and oxygen atoms in total. The molecular formula is C13H14ClFN4O2. The third-order valence-corrected chi connectivity index (χ3v) is 3.89. The molecule has 2 rings (SSSR count). The molecule has 0 saturated carbocycles. The van der Waals surface area contributed by atoms with E-state index in [1.807, 2.05) is 4.90 Å². The summed E-state index contributed by atoms with van der Waals surface area (Å²) in [5, 5.41) is 19.7. The Hall–Kier alpha value is -1.91. The molecule has 21 heavy (non-hydrogen) atoms. The summed E-state index contributed by atoms with van der Waals surface area (Å²) in [7, 11) is 0. The molecule has 0 N–H and O–H groups in total. The van der Waals surface area contributed by atoms with Gasteiger partial charge in [0.05, 0.1) is 22.1 Å². The van der Waals surface area contributed by atoms with Gasteiger partial charge in [0.15, 0.2) is 0 Å². The Labute approximate surface area is 126 Å². The molecule has 1 saturated heterocycles. The van der Waals surface area contributed by atoms with Crippen LogP contribution in [-0.4, -0.2) is 42.0 Å². The fourth-order valence-electron chi connectivity index (χ4n) is 2.36. The molecule has 0 aliphatic carbocycles. The summed E-state index contributed by atoms with van der Waals surface area (Å²) >= 11 is 5.61. The maximum Gasteiger partial charge on any atom is 0.294 e. The zero-order valence-electron chi connectivity index (χ0n) is 11.4. The summed E-state index contributed by atoms with van der Waals surface area (Å²) in [6, 6.07) is 4.09. The number of nitrogens with zero attached hydrogens (tertiary/aromatic N) is 4. The molecule has 1 unspecified atom stereocenters. The van der Waals surface area contributed by atoms with Crippen molar-refractivity contribution >= 4 is 23.0 Å². The second-order valence-electron chi connectivity index (χ2n) is 4.84. The minimum atomic E-state index is -0.676. The Balaban J connectivity index is 2.22. The molecule has 1 fully saturated rings. The van der Waals surface area contributed by atoms with Gasteiger partial charge in [-0.15, -0.1) is 0 Å². The predicted octanol–water partition coefficient (Wildman–Crippen LogP) is 2.42. The minimum absolute atomic E-state index is 0.205. The van der Waals surface area contributed by atoms with Crippen molar-refractivity contribution in [2.45, 2.75) is 13.0 Å². The molecule has 0 radical (unpaired) electrons. The summed E-state index contributed by atoms with van der Waals surface area (Å²) in [6.45, 7) is 3.98. The SMILES string of the molecule is CC(C#N)N1CCN(c2cc(F)c(Cl)cc2[N+](=O)[O-])CC1. The first kappa shape index (κ1) is 15.5. The molecule has 1 heterocycles. The van der Waals surface area contributed by atoms with E-state index in [0.717, 1.165) is 12.1 Å². The van der Waals surface area contributed by atoms with Gasteiger partial charge >= 0.3 is 0 Å². The van der Waals surface area contributed by atoms with Crippen LogP contribution in [0, 0.1) is 27.3 Å². The average molecular weight is 313 g/mol. The van der Waals surface area contributed by atoms with Gasteiger partial charge in [-0.25, -0.2) is 4.39 Å². The number of benzene rings is 1. The third kappa shape index (κ3) is 3.23. The van der Waals surface area contributed by atoms with Gasteiger partial charge in [-0.2, -0.15) is 5.26 Å². The molecule has 1 aliphatic heterocycles. The average Bonchev–Trinajstić information content (AvgIpc) is 2.48. The molecule has 0 spiro atoms. The van der Waals surface area contributed by atoms with E-state index in [1.54, 1.807) is 11.8 Å². The van der Waals surface area contributed by atoms with Crippen molar-refractivity contribution in [1.82, 2.24) is 4.90 Å². The molecule has 112 valence electrons. The minimum Gasteiger partial charge on any atom is -0.363 e. The second kappa shape index (κ2) is 6.24. The Morgan fingerprint density at radius 2 is 2.05 bits per heavy atom. The van der Waals surface area contributed by atoms with Crippen LogP contribution in [0.4, 0.5) is 15.8 Å². The molecule has 0 bridgehead atoms. The molecule has 1 atom stereocenters. The molecule has 1 aromatic rings. The van der Waals surface area contributed by atoms with Crippen molar-refractivity contribution in [2.75, 3.05) is 31.1 Å². The highest BCUT2D eigenvalue weighted by atomic mass is 35.5. The van der Waals surface area contributed by atoms with E-state index in [2.05, 4.69) is 6.07 Å². The number of piperazine rings is 1. The van der Waals surface area contributed by atoms with E-state index in [1.165, 1.54) is 0 Å². The molecular weight excluding hydrogens is 299 g/mol. The van der Waals surface area contributed by atoms with E-state index in [4.69, 9.17) is 16.9 Å². The number of hydrogen-bond donors (Lipinski definition) is 0. The number of nitro groups is 1. The number of rotatable bonds is 3. The number of anilines is 1. The monoisotopic (exact) mass is 312 g/mol. The molecule has 1 aliphatic rings. The van der Waals surface area contributed by atoms with Gasteiger partial charge in [0.2, 0.25) is 0 Å². The van der Waals surface area contributed by atoms with Crippen LogP contribution >= 0.6 is 11.6 Å². The first-order valence-corrected chi connectivity index (χ1v) is 6.84. The highest BCUT2D eigenvalue weighted by molar-refractivity contribution is 6.31. The maximum absolute atomic E-state index is 13.6. The van der Waals surface area contributed by atoms with Crippen LogP contribution in [0.1, 0.15) is 6.92 Å². The summed E-state index contributed by atoms with van der Waals surface area (Å²) in [6.07, 6.45) is 0. The Bertz CT molecular complexity index is 597. The van der Waals surface area contributed by atoms with Gasteiger partial charge in [0.1, 0.15) is 11.5 Å². The highest BCUT2D eigenvalue weighted by Crippen LogP contribution is 2.33. The fraction of sp³-hybridized carbons (Fsp3) is 0.462. The lowest BCUT2D eigenvalue weighted by molar-refractivity contribution is -0.384. The smallest absolute Gasteiger partial charge is 0.294 e. The zero-order valence-corrected chi connectivity index (χ0v) is 12.2. The van der Waals surface area contributed by atoms with Crippen molar-refractivity contribution in [3.63, 3.8) is 0 Å². The van der Waals surface area contributed by atoms with Crippen LogP contribution < -0.4 is 4.90 Å². The third-order valence-electron chi connectivity index (χ3n) is 3.60. The van der Waals surface area contributed by atoms with Crippen molar-refractivity contribution in [1.29, 1.82) is 5.26 Å². The second-order valence-corrected chi connectivity index (χ2v) is 5.25. The van der Waals surface area contributed by atoms with Crippen molar-refractivity contribution in [3.8, 4) is 6.07 Å². The first-order chi connectivity index (χ1) is 9.93. The van der Waals surface area contributed by atoms with Gasteiger partial charge in [0, 0.05) is 38.3 Å². The molecule has 1 aromatic carbocycles. The van der Waals surface area contributed by atoms with Crippen LogP contribution in [0.2, 0.25) is 5.02 Å². The molecule has 0 amide bonds. The Morgan fingerprint density at radius 3 is 2.57 bits per heavy atom. The van der Waals surface area contributed by atoms with Crippen molar-refractivity contribution in [2.24, 2.45) is 0 Å². The Kier molecular flexibility index (Phi) is 4.60. The maximum atomic E-state index is 13.6. The van der Waals surface area contributed by atoms with Crippen molar-refractivity contribution in [3.05, 3.63) is 33.1 Å². The standard InChI is InChI=1S/C13H14ClFN4O2/c1-9(8-16)17-2-4-18(5-3-17)12-7-11(15)10(14)6-13(12)19(20)21/h6-7,9H,2-5H2,1H3. The van der Waals surface area contributed by atoms with Crippen LogP contribution in [0.15, 0.2) is 12.1 Å². The van der Waals surface area contributed by atoms with Gasteiger partial charge < -0.3 is 4.90 Å². The van der Waals surface area contributed by atoms with Crippen LogP contribution in [-0.2, 0) is 0 Å².